The maximum atomic E-state index is 12.7. The fraction of sp³-hybridized carbons (Fsp3) is 0.824. The second-order valence-corrected chi connectivity index (χ2v) is 6.87. The smallest absolute Gasteiger partial charge is 0.329 e. The van der Waals surface area contributed by atoms with E-state index in [1.165, 1.54) is 0 Å². The molecule has 1 aliphatic heterocycles. The SMILES string of the molecule is CCCC[C@H](O)[C@@H](C)C(=O)N1C(=O)C(C)(C)C[C@H]1C(=O)OCC. The number of hydrogen-bond acceptors (Lipinski definition) is 5. The Kier molecular flexibility index (Phi) is 6.74. The number of esters is 1. The maximum absolute atomic E-state index is 12.7. The number of amides is 2. The van der Waals surface area contributed by atoms with Gasteiger partial charge in [-0.15, -0.1) is 0 Å². The molecule has 0 aromatic heterocycles. The third-order valence-electron chi connectivity index (χ3n) is 4.43. The molecule has 1 aliphatic rings. The number of imide groups is 1. The molecule has 23 heavy (non-hydrogen) atoms. The standard InChI is InChI=1S/C17H29NO5/c1-6-8-9-13(19)11(3)14(20)18-12(15(21)23-7-2)10-17(4,5)16(18)22/h11-13,19H,6-10H2,1-5H3/t11-,12+,13+/m1/s1. The van der Waals surface area contributed by atoms with E-state index in [1.54, 1.807) is 27.7 Å². The molecule has 0 aliphatic carbocycles. The Morgan fingerprint density at radius 3 is 2.52 bits per heavy atom. The van der Waals surface area contributed by atoms with Crippen molar-refractivity contribution in [3.63, 3.8) is 0 Å². The Morgan fingerprint density at radius 1 is 1.39 bits per heavy atom. The second kappa shape index (κ2) is 7.90. The molecule has 132 valence electrons. The first kappa shape index (κ1) is 19.6. The van der Waals surface area contributed by atoms with E-state index in [4.69, 9.17) is 4.74 Å². The van der Waals surface area contributed by atoms with Crippen LogP contribution in [0.5, 0.6) is 0 Å². The number of nitrogens with zero attached hydrogens (tertiary/aromatic N) is 1. The zero-order valence-electron chi connectivity index (χ0n) is 14.8. The van der Waals surface area contributed by atoms with Gasteiger partial charge in [-0.3, -0.25) is 14.5 Å². The summed E-state index contributed by atoms with van der Waals surface area (Å²) in [6.07, 6.45) is 1.65. The number of unbranched alkanes of at least 4 members (excludes halogenated alkanes) is 1. The van der Waals surface area contributed by atoms with Crippen LogP contribution in [-0.2, 0) is 19.1 Å². The molecule has 1 heterocycles. The van der Waals surface area contributed by atoms with Crippen molar-refractivity contribution < 1.29 is 24.2 Å². The van der Waals surface area contributed by atoms with E-state index in [1.807, 2.05) is 6.92 Å². The van der Waals surface area contributed by atoms with Crippen LogP contribution in [0.2, 0.25) is 0 Å². The maximum Gasteiger partial charge on any atom is 0.329 e. The summed E-state index contributed by atoms with van der Waals surface area (Å²) in [6, 6.07) is -0.897. The number of hydrogen-bond donors (Lipinski definition) is 1. The molecule has 0 aromatic carbocycles. The minimum atomic E-state index is -0.897. The molecule has 3 atom stereocenters. The van der Waals surface area contributed by atoms with Crippen molar-refractivity contribution in [3.05, 3.63) is 0 Å². The van der Waals surface area contributed by atoms with Crippen molar-refractivity contribution >= 4 is 17.8 Å². The van der Waals surface area contributed by atoms with Crippen LogP contribution < -0.4 is 0 Å². The summed E-state index contributed by atoms with van der Waals surface area (Å²) in [4.78, 5) is 38.4. The van der Waals surface area contributed by atoms with Gasteiger partial charge >= 0.3 is 5.97 Å². The highest BCUT2D eigenvalue weighted by Crippen LogP contribution is 2.37. The average Bonchev–Trinajstić information content (AvgIpc) is 2.74. The van der Waals surface area contributed by atoms with E-state index in [0.29, 0.717) is 6.42 Å². The summed E-state index contributed by atoms with van der Waals surface area (Å²) in [5, 5.41) is 10.1. The Labute approximate surface area is 138 Å². The molecule has 0 unspecified atom stereocenters. The fourth-order valence-corrected chi connectivity index (χ4v) is 2.86. The van der Waals surface area contributed by atoms with Gasteiger partial charge in [0, 0.05) is 5.41 Å². The third-order valence-corrected chi connectivity index (χ3v) is 4.43. The number of ether oxygens (including phenoxy) is 1. The minimum Gasteiger partial charge on any atom is -0.464 e. The van der Waals surface area contributed by atoms with Crippen LogP contribution in [0.3, 0.4) is 0 Å². The second-order valence-electron chi connectivity index (χ2n) is 6.87. The normalized spacial score (nSPS) is 22.8. The number of aliphatic hydroxyl groups excluding tert-OH is 1. The first-order valence-electron chi connectivity index (χ1n) is 8.39. The molecular weight excluding hydrogens is 298 g/mol. The molecule has 1 rings (SSSR count). The van der Waals surface area contributed by atoms with Crippen molar-refractivity contribution in [1.82, 2.24) is 4.90 Å². The Morgan fingerprint density at radius 2 is 2.00 bits per heavy atom. The summed E-state index contributed by atoms with van der Waals surface area (Å²) in [5.74, 6) is -2.16. The monoisotopic (exact) mass is 327 g/mol. The van der Waals surface area contributed by atoms with Gasteiger partial charge in [0.15, 0.2) is 0 Å². The topological polar surface area (TPSA) is 83.9 Å². The largest absolute Gasteiger partial charge is 0.464 e. The molecule has 0 aromatic rings. The predicted molar refractivity (Wildman–Crippen MR) is 85.4 cm³/mol. The quantitative estimate of drug-likeness (QED) is 0.722. The molecule has 1 fully saturated rings. The van der Waals surface area contributed by atoms with Gasteiger partial charge in [-0.25, -0.2) is 4.79 Å². The van der Waals surface area contributed by atoms with E-state index in [0.717, 1.165) is 17.7 Å². The summed E-state index contributed by atoms with van der Waals surface area (Å²) < 4.78 is 5.01. The van der Waals surface area contributed by atoms with Crippen LogP contribution in [0.25, 0.3) is 0 Å². The molecule has 6 nitrogen and oxygen atoms in total. The first-order chi connectivity index (χ1) is 10.7. The number of rotatable bonds is 7. The van der Waals surface area contributed by atoms with Gasteiger partial charge in [-0.2, -0.15) is 0 Å². The van der Waals surface area contributed by atoms with Gasteiger partial charge in [-0.1, -0.05) is 40.5 Å². The van der Waals surface area contributed by atoms with E-state index in [9.17, 15) is 19.5 Å². The van der Waals surface area contributed by atoms with Crippen molar-refractivity contribution in [2.75, 3.05) is 6.61 Å². The molecule has 1 saturated heterocycles. The van der Waals surface area contributed by atoms with Crippen LogP contribution in [0.4, 0.5) is 0 Å². The van der Waals surface area contributed by atoms with Crippen molar-refractivity contribution in [2.45, 2.75) is 72.4 Å². The van der Waals surface area contributed by atoms with E-state index in [2.05, 4.69) is 0 Å². The minimum absolute atomic E-state index is 0.195. The van der Waals surface area contributed by atoms with E-state index < -0.39 is 35.4 Å². The van der Waals surface area contributed by atoms with Crippen LogP contribution >= 0.6 is 0 Å². The van der Waals surface area contributed by atoms with Gasteiger partial charge in [0.25, 0.3) is 0 Å². The van der Waals surface area contributed by atoms with Crippen LogP contribution in [-0.4, -0.2) is 46.5 Å². The highest BCUT2D eigenvalue weighted by molar-refractivity contribution is 6.04. The summed E-state index contributed by atoms with van der Waals surface area (Å²) in [5.41, 5.74) is -0.790. The third kappa shape index (κ3) is 4.31. The highest BCUT2D eigenvalue weighted by atomic mass is 16.5. The molecule has 1 N–H and O–H groups in total. The van der Waals surface area contributed by atoms with Crippen LogP contribution in [0, 0.1) is 11.3 Å². The average molecular weight is 327 g/mol. The zero-order valence-corrected chi connectivity index (χ0v) is 14.8. The van der Waals surface area contributed by atoms with Gasteiger partial charge in [0.1, 0.15) is 6.04 Å². The number of aliphatic hydroxyl groups is 1. The Hall–Kier alpha value is -1.43. The number of carbonyl (C=O) groups excluding carboxylic acids is 3. The molecule has 0 saturated carbocycles. The first-order valence-corrected chi connectivity index (χ1v) is 8.39. The molecule has 6 heteroatoms. The molecule has 0 spiro atoms. The van der Waals surface area contributed by atoms with Gasteiger partial charge < -0.3 is 9.84 Å². The lowest BCUT2D eigenvalue weighted by Crippen LogP contribution is -2.48. The van der Waals surface area contributed by atoms with Crippen molar-refractivity contribution in [3.8, 4) is 0 Å². The highest BCUT2D eigenvalue weighted by Gasteiger charge is 2.52. The van der Waals surface area contributed by atoms with E-state index >= 15 is 0 Å². The summed E-state index contributed by atoms with van der Waals surface area (Å²) in [7, 11) is 0. The number of carbonyl (C=O) groups is 3. The van der Waals surface area contributed by atoms with Crippen LogP contribution in [0.15, 0.2) is 0 Å². The molecule has 2 amide bonds. The lowest BCUT2D eigenvalue weighted by atomic mass is 9.90. The lowest BCUT2D eigenvalue weighted by molar-refractivity contribution is -0.160. The van der Waals surface area contributed by atoms with Crippen molar-refractivity contribution in [2.24, 2.45) is 11.3 Å². The summed E-state index contributed by atoms with van der Waals surface area (Å²) >= 11 is 0. The van der Waals surface area contributed by atoms with Crippen molar-refractivity contribution in [1.29, 1.82) is 0 Å². The fourth-order valence-electron chi connectivity index (χ4n) is 2.86. The van der Waals surface area contributed by atoms with E-state index in [-0.39, 0.29) is 18.9 Å². The Balaban J connectivity index is 2.97. The lowest BCUT2D eigenvalue weighted by Gasteiger charge is -2.27. The van der Waals surface area contributed by atoms with Gasteiger partial charge in [0.2, 0.25) is 11.8 Å². The Bertz CT molecular complexity index is 460. The van der Waals surface area contributed by atoms with Gasteiger partial charge in [0.05, 0.1) is 18.6 Å². The predicted octanol–water partition coefficient (Wildman–Crippen LogP) is 1.89. The molecule has 0 bridgehead atoms. The molecular formula is C17H29NO5. The number of likely N-dealkylation sites (tertiary alicyclic amines) is 1. The molecule has 0 radical (unpaired) electrons. The summed E-state index contributed by atoms with van der Waals surface area (Å²) in [6.45, 7) is 8.91. The zero-order chi connectivity index (χ0) is 17.8. The van der Waals surface area contributed by atoms with Crippen LogP contribution in [0.1, 0.15) is 60.3 Å². The van der Waals surface area contributed by atoms with Gasteiger partial charge in [-0.05, 0) is 19.8 Å².